The van der Waals surface area contributed by atoms with Gasteiger partial charge in [-0.1, -0.05) is 261 Å². The first-order valence-electron chi connectivity index (χ1n) is 45.1. The van der Waals surface area contributed by atoms with E-state index in [4.69, 9.17) is 38.7 Å². The van der Waals surface area contributed by atoms with Gasteiger partial charge in [-0.15, -0.1) is 22.7 Å². The SMILES string of the molecule is c1ccc(-c2ccc(-c3nc(-c4cc(-n5c6cc7ccccc7cc6c6cc7c(-c8cc(-c9ccccc9)cc(-c9nc(-c%10cc(-n%11c%12ccccc%12c%12cc%13ccccc%13cc%12%11)c%11c(c%10)oc%10cc%12ccccc%12cc%10%11)nc(-c%10ccc%11sc%12ccccc%12c%11c%10)n9)c8)cccc7cc65)c5c(c4)oc4c6ccccc6ccc45)nc(-c4ccc5sc6ccccc6c5c4)n3)cc2)cc1. The summed E-state index contributed by atoms with van der Waals surface area (Å²) in [4.78, 5) is 33.8. The summed E-state index contributed by atoms with van der Waals surface area (Å²) in [6, 6.07) is 149. The molecule has 21 aromatic carbocycles. The predicted molar refractivity (Wildman–Crippen MR) is 559 cm³/mol. The molecule has 0 unspecified atom stereocenters. The molecule has 29 aromatic rings. The zero-order chi connectivity index (χ0) is 87.5. The summed E-state index contributed by atoms with van der Waals surface area (Å²) >= 11 is 3.59. The molecule has 0 aliphatic heterocycles. The molecule has 0 aliphatic rings. The van der Waals surface area contributed by atoms with Crippen molar-refractivity contribution >= 4 is 204 Å². The molecule has 620 valence electrons. The van der Waals surface area contributed by atoms with E-state index < -0.39 is 0 Å². The smallest absolute Gasteiger partial charge is 0.164 e. The Balaban J connectivity index is 0.656. The molecule has 0 fully saturated rings. The van der Waals surface area contributed by atoms with Gasteiger partial charge in [-0.2, -0.15) is 0 Å². The highest BCUT2D eigenvalue weighted by atomic mass is 32.1. The van der Waals surface area contributed by atoms with Crippen molar-refractivity contribution in [2.75, 3.05) is 0 Å². The quantitative estimate of drug-likeness (QED) is 0.126. The molecule has 0 atom stereocenters. The van der Waals surface area contributed by atoms with Crippen LogP contribution in [0.15, 0.2) is 421 Å². The maximum absolute atomic E-state index is 7.42. The van der Waals surface area contributed by atoms with Crippen LogP contribution in [0.25, 0.3) is 295 Å². The Morgan fingerprint density at radius 1 is 0.179 bits per heavy atom. The van der Waals surface area contributed by atoms with Crippen LogP contribution in [0, 0.1) is 0 Å². The van der Waals surface area contributed by atoms with Crippen molar-refractivity contribution < 1.29 is 8.83 Å². The van der Waals surface area contributed by atoms with Gasteiger partial charge in [0, 0.05) is 111 Å². The highest BCUT2D eigenvalue weighted by Crippen LogP contribution is 2.50. The van der Waals surface area contributed by atoms with Crippen molar-refractivity contribution in [3.63, 3.8) is 0 Å². The van der Waals surface area contributed by atoms with Crippen LogP contribution in [0.2, 0.25) is 0 Å². The maximum Gasteiger partial charge on any atom is 0.164 e. The molecule has 0 N–H and O–H groups in total. The third kappa shape index (κ3) is 11.8. The lowest BCUT2D eigenvalue weighted by molar-refractivity contribution is 0.669. The maximum atomic E-state index is 7.42. The van der Waals surface area contributed by atoms with Gasteiger partial charge in [-0.3, -0.25) is 0 Å². The number of thiophene rings is 2. The first-order chi connectivity index (χ1) is 66.3. The van der Waals surface area contributed by atoms with Gasteiger partial charge in [0.05, 0.1) is 44.2 Å². The molecule has 0 saturated carbocycles. The highest BCUT2D eigenvalue weighted by Gasteiger charge is 2.29. The molecule has 10 nitrogen and oxygen atoms in total. The fraction of sp³-hybridized carbons (Fsp3) is 0. The van der Waals surface area contributed by atoms with Gasteiger partial charge in [0.15, 0.2) is 34.9 Å². The summed E-state index contributed by atoms with van der Waals surface area (Å²) in [5.41, 5.74) is 20.4. The average Bonchev–Trinajstić information content (AvgIpc) is 1.55. The van der Waals surface area contributed by atoms with Crippen LogP contribution in [-0.2, 0) is 0 Å². The van der Waals surface area contributed by atoms with E-state index in [0.717, 1.165) is 214 Å². The minimum absolute atomic E-state index is 0.497. The Labute approximate surface area is 772 Å². The number of furan rings is 2. The summed E-state index contributed by atoms with van der Waals surface area (Å²) in [6.07, 6.45) is 0. The number of benzene rings is 21. The van der Waals surface area contributed by atoms with Crippen LogP contribution in [0.4, 0.5) is 0 Å². The summed E-state index contributed by atoms with van der Waals surface area (Å²) in [6.45, 7) is 0. The topological polar surface area (TPSA) is 113 Å². The van der Waals surface area contributed by atoms with E-state index in [1.165, 1.54) is 35.0 Å². The van der Waals surface area contributed by atoms with Crippen LogP contribution >= 0.6 is 22.7 Å². The van der Waals surface area contributed by atoms with Crippen molar-refractivity contribution in [2.24, 2.45) is 0 Å². The second-order valence-electron chi connectivity index (χ2n) is 35.2. The van der Waals surface area contributed by atoms with Gasteiger partial charge in [0.2, 0.25) is 0 Å². The second-order valence-corrected chi connectivity index (χ2v) is 37.3. The molecule has 134 heavy (non-hydrogen) atoms. The zero-order valence-electron chi connectivity index (χ0n) is 71.5. The van der Waals surface area contributed by atoms with Gasteiger partial charge >= 0.3 is 0 Å². The standard InChI is InChI=1S/C122H68N8O2S2/c1-3-22-69(23-4-1)71-42-44-73(45-43-71)117-123-118(81-47-50-112-98(58-81)91-36-16-19-40-110(91)133-112)126-121(124-117)87-63-105(114-93-49-46-72-26-13-14-34-89(72)116(93)132-109(114)67-87)130-103-61-78-31-11-8-28-75(78)56-96(103)97-68-94-80(62-104(97)130)33-21-38-88(94)84-52-83(70-24-5-2-6-25-70)53-85(54-84)120-125-119(82-48-51-113-99(59-82)92-37-17-20-41-111(92)134-113)127-122(128-120)86-64-106(115-100-57-76-29-9-12-32-79(76)65-107(100)131-108(115)66-86)129-101-39-18-15-35-90(101)95-55-74-27-7-10-30-77(74)60-102(95)129/h1-68H. The number of para-hydroxylation sites is 1. The summed E-state index contributed by atoms with van der Waals surface area (Å²) in [7, 11) is 0. The van der Waals surface area contributed by atoms with Gasteiger partial charge in [-0.25, -0.2) is 29.9 Å². The molecule has 0 saturated heterocycles. The van der Waals surface area contributed by atoms with Crippen LogP contribution in [-0.4, -0.2) is 39.0 Å². The van der Waals surface area contributed by atoms with Gasteiger partial charge < -0.3 is 18.0 Å². The van der Waals surface area contributed by atoms with E-state index in [-0.39, 0.29) is 0 Å². The van der Waals surface area contributed by atoms with Gasteiger partial charge in [0.1, 0.15) is 22.3 Å². The van der Waals surface area contributed by atoms with E-state index in [2.05, 4.69) is 422 Å². The third-order valence-corrected chi connectivity index (χ3v) is 29.7. The van der Waals surface area contributed by atoms with E-state index in [1.807, 2.05) is 0 Å². The van der Waals surface area contributed by atoms with Gasteiger partial charge in [-0.05, 0) is 234 Å². The Morgan fingerprint density at radius 2 is 0.575 bits per heavy atom. The van der Waals surface area contributed by atoms with Crippen molar-refractivity contribution in [2.45, 2.75) is 0 Å². The number of hydrogen-bond donors (Lipinski definition) is 0. The Hall–Kier alpha value is -17.4. The number of nitrogens with zero attached hydrogens (tertiary/aromatic N) is 8. The van der Waals surface area contributed by atoms with Crippen molar-refractivity contribution in [3.8, 4) is 113 Å². The lowest BCUT2D eigenvalue weighted by Gasteiger charge is -2.15. The third-order valence-electron chi connectivity index (χ3n) is 27.4. The summed E-state index contributed by atoms with van der Waals surface area (Å²) < 4.78 is 24.4. The number of hydrogen-bond acceptors (Lipinski definition) is 10. The molecular weight excluding hydrogens is 1670 g/mol. The first-order valence-corrected chi connectivity index (χ1v) is 46.8. The largest absolute Gasteiger partial charge is 0.456 e. The van der Waals surface area contributed by atoms with E-state index in [0.29, 0.717) is 46.1 Å². The molecule has 0 radical (unpaired) electrons. The first kappa shape index (κ1) is 74.5. The molecule has 0 spiro atoms. The Morgan fingerprint density at radius 3 is 1.17 bits per heavy atom. The monoisotopic (exact) mass is 1740 g/mol. The van der Waals surface area contributed by atoms with Crippen molar-refractivity contribution in [1.82, 2.24) is 39.0 Å². The Kier molecular flexibility index (Phi) is 16.1. The molecule has 8 heterocycles. The van der Waals surface area contributed by atoms with Crippen LogP contribution in [0.1, 0.15) is 0 Å². The van der Waals surface area contributed by atoms with Crippen LogP contribution in [0.3, 0.4) is 0 Å². The minimum Gasteiger partial charge on any atom is -0.456 e. The molecule has 0 amide bonds. The fourth-order valence-corrected chi connectivity index (χ4v) is 23.3. The fourth-order valence-electron chi connectivity index (χ4n) is 21.1. The Bertz CT molecular complexity index is 10100. The number of fused-ring (bicyclic) bond motifs is 24. The van der Waals surface area contributed by atoms with Crippen molar-refractivity contribution in [3.05, 3.63) is 413 Å². The molecule has 29 rings (SSSR count). The highest BCUT2D eigenvalue weighted by molar-refractivity contribution is 7.26. The van der Waals surface area contributed by atoms with E-state index >= 15 is 0 Å². The van der Waals surface area contributed by atoms with Crippen LogP contribution in [0.5, 0.6) is 0 Å². The van der Waals surface area contributed by atoms with Crippen LogP contribution < -0.4 is 0 Å². The molecule has 0 bridgehead atoms. The second kappa shape index (κ2) is 29.0. The predicted octanol–water partition coefficient (Wildman–Crippen LogP) is 33.6. The molecular formula is C122H68N8O2S2. The minimum atomic E-state index is 0.497. The number of aromatic nitrogens is 8. The number of rotatable bonds is 11. The normalized spacial score (nSPS) is 12.2. The van der Waals surface area contributed by atoms with E-state index in [1.54, 1.807) is 22.7 Å². The summed E-state index contributed by atoms with van der Waals surface area (Å²) in [5, 5.41) is 24.2. The lowest BCUT2D eigenvalue weighted by atomic mass is 9.92. The average molecular weight is 1740 g/mol. The molecule has 8 aromatic heterocycles. The van der Waals surface area contributed by atoms with Crippen molar-refractivity contribution in [1.29, 1.82) is 0 Å². The van der Waals surface area contributed by atoms with Gasteiger partial charge in [0.25, 0.3) is 0 Å². The van der Waals surface area contributed by atoms with E-state index in [9.17, 15) is 0 Å². The summed E-state index contributed by atoms with van der Waals surface area (Å²) in [5.74, 6) is 3.18. The lowest BCUT2D eigenvalue weighted by Crippen LogP contribution is -2.02. The molecule has 12 heteroatoms. The zero-order valence-corrected chi connectivity index (χ0v) is 73.1. The molecule has 0 aliphatic carbocycles.